The van der Waals surface area contributed by atoms with Gasteiger partial charge in [0.15, 0.2) is 0 Å². The van der Waals surface area contributed by atoms with Crippen LogP contribution in [0.15, 0.2) is 6.20 Å². The summed E-state index contributed by atoms with van der Waals surface area (Å²) in [6, 6.07) is 0. The lowest BCUT2D eigenvalue weighted by Crippen LogP contribution is -2.27. The molecule has 1 aromatic rings. The summed E-state index contributed by atoms with van der Waals surface area (Å²) >= 11 is 0. The van der Waals surface area contributed by atoms with Gasteiger partial charge < -0.3 is 20.0 Å². The maximum Gasteiger partial charge on any atom is 0.227 e. The summed E-state index contributed by atoms with van der Waals surface area (Å²) in [7, 11) is 3.89. The van der Waals surface area contributed by atoms with Crippen molar-refractivity contribution in [1.82, 2.24) is 9.97 Å². The fourth-order valence-electron chi connectivity index (χ4n) is 1.96. The van der Waals surface area contributed by atoms with Crippen LogP contribution in [0.3, 0.4) is 0 Å². The van der Waals surface area contributed by atoms with Gasteiger partial charge in [0.05, 0.1) is 12.2 Å². The number of rotatable bonds is 8. The number of aliphatic hydroxyl groups excluding tert-OH is 2. The van der Waals surface area contributed by atoms with Gasteiger partial charge in [-0.2, -0.15) is 4.98 Å². The minimum absolute atomic E-state index is 0.317. The number of hydrogen-bond acceptors (Lipinski definition) is 6. The lowest BCUT2D eigenvalue weighted by Gasteiger charge is -2.24. The molecule has 0 aliphatic carbocycles. The van der Waals surface area contributed by atoms with Gasteiger partial charge in [-0.05, 0) is 33.6 Å². The Kier molecular flexibility index (Phi) is 6.84. The van der Waals surface area contributed by atoms with Gasteiger partial charge in [0.2, 0.25) is 5.95 Å². The highest BCUT2D eigenvalue weighted by molar-refractivity contribution is 5.48. The zero-order valence-electron chi connectivity index (χ0n) is 13.7. The fraction of sp³-hybridized carbons (Fsp3) is 0.733. The Balaban J connectivity index is 2.78. The lowest BCUT2D eigenvalue weighted by atomic mass is 10.2. The van der Waals surface area contributed by atoms with E-state index in [0.717, 1.165) is 17.9 Å². The van der Waals surface area contributed by atoms with Crippen LogP contribution < -0.4 is 9.80 Å². The standard InChI is InChI=1S/C15H28N4O2/c1-11-10-16-15(19(5)9-7-13(3)21)17-14(11)18(4)8-6-12(2)20/h10,12-13,20-21H,6-9H2,1-5H3. The molecule has 0 aliphatic heterocycles. The largest absolute Gasteiger partial charge is 0.393 e. The van der Waals surface area contributed by atoms with Gasteiger partial charge in [-0.3, -0.25) is 0 Å². The highest BCUT2D eigenvalue weighted by atomic mass is 16.3. The third kappa shape index (κ3) is 5.85. The second-order valence-electron chi connectivity index (χ2n) is 5.80. The normalized spacial score (nSPS) is 13.9. The Morgan fingerprint density at radius 1 is 1.05 bits per heavy atom. The summed E-state index contributed by atoms with van der Waals surface area (Å²) in [5.74, 6) is 1.53. The first-order valence-corrected chi connectivity index (χ1v) is 7.43. The summed E-state index contributed by atoms with van der Waals surface area (Å²) < 4.78 is 0. The summed E-state index contributed by atoms with van der Waals surface area (Å²) in [5, 5.41) is 18.7. The Bertz CT molecular complexity index is 438. The molecule has 2 unspecified atom stereocenters. The lowest BCUT2D eigenvalue weighted by molar-refractivity contribution is 0.186. The molecule has 0 amide bonds. The van der Waals surface area contributed by atoms with E-state index in [-0.39, 0.29) is 12.2 Å². The summed E-state index contributed by atoms with van der Waals surface area (Å²) in [5.41, 5.74) is 1.01. The van der Waals surface area contributed by atoms with E-state index < -0.39 is 0 Å². The minimum atomic E-state index is -0.328. The molecule has 0 aromatic carbocycles. The predicted molar refractivity (Wildman–Crippen MR) is 85.9 cm³/mol. The van der Waals surface area contributed by atoms with E-state index >= 15 is 0 Å². The SMILES string of the molecule is Cc1cnc(N(C)CCC(C)O)nc1N(C)CCC(C)O. The van der Waals surface area contributed by atoms with Crippen molar-refractivity contribution in [3.05, 3.63) is 11.8 Å². The quantitative estimate of drug-likeness (QED) is 0.751. The maximum absolute atomic E-state index is 9.39. The molecule has 0 aliphatic rings. The Morgan fingerprint density at radius 3 is 2.10 bits per heavy atom. The van der Waals surface area contributed by atoms with Crippen LogP contribution in [0.5, 0.6) is 0 Å². The number of nitrogens with zero attached hydrogens (tertiary/aromatic N) is 4. The third-order valence-corrected chi connectivity index (χ3v) is 3.40. The molecule has 0 radical (unpaired) electrons. The number of aryl methyl sites for hydroxylation is 1. The molecule has 0 saturated carbocycles. The van der Waals surface area contributed by atoms with Crippen LogP contribution in [0.1, 0.15) is 32.3 Å². The van der Waals surface area contributed by atoms with Crippen molar-refractivity contribution in [2.24, 2.45) is 0 Å². The second-order valence-corrected chi connectivity index (χ2v) is 5.80. The van der Waals surface area contributed by atoms with Crippen LogP contribution in [-0.2, 0) is 0 Å². The summed E-state index contributed by atoms with van der Waals surface area (Å²) in [4.78, 5) is 12.9. The topological polar surface area (TPSA) is 72.7 Å². The van der Waals surface area contributed by atoms with E-state index in [0.29, 0.717) is 25.3 Å². The molecule has 0 fully saturated rings. The minimum Gasteiger partial charge on any atom is -0.393 e. The second kappa shape index (κ2) is 8.14. The van der Waals surface area contributed by atoms with Crippen molar-refractivity contribution in [2.75, 3.05) is 37.0 Å². The van der Waals surface area contributed by atoms with Crippen LogP contribution in [0.25, 0.3) is 0 Å². The monoisotopic (exact) mass is 296 g/mol. The number of anilines is 2. The van der Waals surface area contributed by atoms with E-state index in [4.69, 9.17) is 0 Å². The summed E-state index contributed by atoms with van der Waals surface area (Å²) in [6.07, 6.45) is 2.55. The summed E-state index contributed by atoms with van der Waals surface area (Å²) in [6.45, 7) is 6.99. The fourth-order valence-corrected chi connectivity index (χ4v) is 1.96. The van der Waals surface area contributed by atoms with Crippen molar-refractivity contribution in [2.45, 2.75) is 45.8 Å². The molecule has 0 bridgehead atoms. The molecule has 1 aromatic heterocycles. The Labute approximate surface area is 127 Å². The van der Waals surface area contributed by atoms with Crippen molar-refractivity contribution in [3.8, 4) is 0 Å². The molecule has 1 rings (SSSR count). The first-order chi connectivity index (χ1) is 9.81. The molecule has 2 N–H and O–H groups in total. The van der Waals surface area contributed by atoms with Gasteiger partial charge in [0, 0.05) is 38.9 Å². The van der Waals surface area contributed by atoms with Crippen molar-refractivity contribution >= 4 is 11.8 Å². The highest BCUT2D eigenvalue weighted by Crippen LogP contribution is 2.19. The number of aromatic nitrogens is 2. The van der Waals surface area contributed by atoms with Crippen molar-refractivity contribution in [3.63, 3.8) is 0 Å². The predicted octanol–water partition coefficient (Wildman–Crippen LogP) is 1.20. The van der Waals surface area contributed by atoms with E-state index in [9.17, 15) is 10.2 Å². The van der Waals surface area contributed by atoms with Crippen LogP contribution in [0.2, 0.25) is 0 Å². The van der Waals surface area contributed by atoms with Crippen LogP contribution >= 0.6 is 0 Å². The first-order valence-electron chi connectivity index (χ1n) is 7.43. The van der Waals surface area contributed by atoms with Gasteiger partial charge in [0.1, 0.15) is 5.82 Å². The molecule has 6 heteroatoms. The van der Waals surface area contributed by atoms with E-state index in [1.54, 1.807) is 13.8 Å². The van der Waals surface area contributed by atoms with Crippen LogP contribution in [0, 0.1) is 6.92 Å². The average Bonchev–Trinajstić information content (AvgIpc) is 2.42. The maximum atomic E-state index is 9.39. The van der Waals surface area contributed by atoms with Crippen molar-refractivity contribution in [1.29, 1.82) is 0 Å². The van der Waals surface area contributed by atoms with Crippen LogP contribution in [0.4, 0.5) is 11.8 Å². The highest BCUT2D eigenvalue weighted by Gasteiger charge is 2.12. The van der Waals surface area contributed by atoms with E-state index in [1.165, 1.54) is 0 Å². The van der Waals surface area contributed by atoms with Gasteiger partial charge in [-0.15, -0.1) is 0 Å². The molecule has 2 atom stereocenters. The molecule has 0 spiro atoms. The van der Waals surface area contributed by atoms with Crippen molar-refractivity contribution < 1.29 is 10.2 Å². The van der Waals surface area contributed by atoms with E-state index in [2.05, 4.69) is 9.97 Å². The first kappa shape index (κ1) is 17.7. The number of aliphatic hydroxyl groups is 2. The third-order valence-electron chi connectivity index (χ3n) is 3.40. The zero-order valence-corrected chi connectivity index (χ0v) is 13.7. The number of hydrogen-bond donors (Lipinski definition) is 2. The molecule has 0 saturated heterocycles. The van der Waals surface area contributed by atoms with E-state index in [1.807, 2.05) is 37.0 Å². The average molecular weight is 296 g/mol. The van der Waals surface area contributed by atoms with Gasteiger partial charge in [-0.25, -0.2) is 4.98 Å². The molecular weight excluding hydrogens is 268 g/mol. The molecular formula is C15H28N4O2. The zero-order chi connectivity index (χ0) is 16.0. The smallest absolute Gasteiger partial charge is 0.227 e. The molecule has 1 heterocycles. The Morgan fingerprint density at radius 2 is 1.57 bits per heavy atom. The van der Waals surface area contributed by atoms with Crippen LogP contribution in [-0.4, -0.2) is 59.6 Å². The Hall–Kier alpha value is -1.40. The molecule has 6 nitrogen and oxygen atoms in total. The van der Waals surface area contributed by atoms with Gasteiger partial charge in [0.25, 0.3) is 0 Å². The molecule has 21 heavy (non-hydrogen) atoms. The van der Waals surface area contributed by atoms with Gasteiger partial charge >= 0.3 is 0 Å². The van der Waals surface area contributed by atoms with Gasteiger partial charge in [-0.1, -0.05) is 0 Å². The molecule has 120 valence electrons.